The highest BCUT2D eigenvalue weighted by Crippen LogP contribution is 2.20. The van der Waals surface area contributed by atoms with Crippen molar-refractivity contribution < 1.29 is 13.5 Å². The van der Waals surface area contributed by atoms with Crippen LogP contribution < -0.4 is 10.1 Å². The van der Waals surface area contributed by atoms with Crippen LogP contribution in [0.2, 0.25) is 5.28 Å². The topological polar surface area (TPSA) is 59.9 Å². The zero-order valence-electron chi connectivity index (χ0n) is 9.12. The highest BCUT2D eigenvalue weighted by molar-refractivity contribution is 6.28. The molecular formula is C10H7ClF2N4O. The number of halogens is 3. The fourth-order valence-electron chi connectivity index (χ4n) is 1.19. The Morgan fingerprint density at radius 3 is 2.67 bits per heavy atom. The molecule has 5 nitrogen and oxygen atoms in total. The number of hydrogen-bond acceptors (Lipinski definition) is 5. The number of ether oxygens (including phenoxy) is 1. The summed E-state index contributed by atoms with van der Waals surface area (Å²) >= 11 is 5.62. The molecule has 1 aromatic heterocycles. The summed E-state index contributed by atoms with van der Waals surface area (Å²) in [5.41, 5.74) is 0.0146. The second-order valence-corrected chi connectivity index (χ2v) is 3.50. The Balaban J connectivity index is 2.30. The summed E-state index contributed by atoms with van der Waals surface area (Å²) < 4.78 is 30.9. The van der Waals surface area contributed by atoms with Crippen LogP contribution in [-0.4, -0.2) is 22.1 Å². The monoisotopic (exact) mass is 272 g/mol. The maximum Gasteiger partial charge on any atom is 0.322 e. The van der Waals surface area contributed by atoms with Crippen molar-refractivity contribution in [1.29, 1.82) is 0 Å². The van der Waals surface area contributed by atoms with Crippen molar-refractivity contribution >= 4 is 23.2 Å². The van der Waals surface area contributed by atoms with Gasteiger partial charge in [-0.3, -0.25) is 0 Å². The molecule has 0 amide bonds. The average Bonchev–Trinajstić information content (AvgIpc) is 2.32. The minimum atomic E-state index is -0.773. The Kier molecular flexibility index (Phi) is 3.52. The number of nitrogens with zero attached hydrogens (tertiary/aromatic N) is 3. The number of hydrogen-bond donors (Lipinski definition) is 1. The maximum atomic E-state index is 13.4. The minimum Gasteiger partial charge on any atom is -0.467 e. The van der Waals surface area contributed by atoms with E-state index in [2.05, 4.69) is 20.3 Å². The van der Waals surface area contributed by atoms with E-state index in [0.29, 0.717) is 0 Å². The lowest BCUT2D eigenvalue weighted by Gasteiger charge is -2.06. The molecule has 0 fully saturated rings. The molecule has 0 aliphatic rings. The normalized spacial score (nSPS) is 10.2. The van der Waals surface area contributed by atoms with Gasteiger partial charge in [-0.05, 0) is 23.7 Å². The summed E-state index contributed by atoms with van der Waals surface area (Å²) in [4.78, 5) is 11.2. The first-order valence-electron chi connectivity index (χ1n) is 4.76. The number of benzene rings is 1. The number of methoxy groups -OCH3 is 1. The molecule has 1 aromatic carbocycles. The van der Waals surface area contributed by atoms with Crippen LogP contribution in [0.15, 0.2) is 18.2 Å². The van der Waals surface area contributed by atoms with Gasteiger partial charge in [0, 0.05) is 6.07 Å². The summed E-state index contributed by atoms with van der Waals surface area (Å²) in [6, 6.07) is 3.04. The van der Waals surface area contributed by atoms with E-state index < -0.39 is 11.6 Å². The van der Waals surface area contributed by atoms with Gasteiger partial charge in [-0.2, -0.15) is 15.0 Å². The molecule has 94 valence electrons. The van der Waals surface area contributed by atoms with Crippen LogP contribution >= 0.6 is 11.6 Å². The van der Waals surface area contributed by atoms with E-state index in [0.717, 1.165) is 12.1 Å². The van der Waals surface area contributed by atoms with Crippen LogP contribution in [0, 0.1) is 11.6 Å². The van der Waals surface area contributed by atoms with Gasteiger partial charge in [-0.1, -0.05) is 0 Å². The van der Waals surface area contributed by atoms with Crippen molar-refractivity contribution in [3.63, 3.8) is 0 Å². The van der Waals surface area contributed by atoms with E-state index >= 15 is 0 Å². The van der Waals surface area contributed by atoms with Gasteiger partial charge in [0.05, 0.1) is 12.8 Å². The standard InChI is InChI=1S/C10H7ClF2N4O/c1-18-10-16-8(11)15-9(17-10)14-7-3-2-5(12)4-6(7)13/h2-4H,1H3,(H,14,15,16,17). The zero-order valence-corrected chi connectivity index (χ0v) is 9.87. The Bertz CT molecular complexity index is 582. The van der Waals surface area contributed by atoms with Crippen LogP contribution in [0.3, 0.4) is 0 Å². The van der Waals surface area contributed by atoms with E-state index in [1.54, 1.807) is 0 Å². The molecule has 1 N–H and O–H groups in total. The highest BCUT2D eigenvalue weighted by atomic mass is 35.5. The van der Waals surface area contributed by atoms with Gasteiger partial charge >= 0.3 is 6.01 Å². The molecule has 0 saturated carbocycles. The van der Waals surface area contributed by atoms with Gasteiger partial charge in [-0.25, -0.2) is 8.78 Å². The first-order valence-corrected chi connectivity index (χ1v) is 5.14. The lowest BCUT2D eigenvalue weighted by atomic mass is 10.3. The first kappa shape index (κ1) is 12.4. The SMILES string of the molecule is COc1nc(Cl)nc(Nc2ccc(F)cc2F)n1. The molecule has 0 aliphatic heterocycles. The van der Waals surface area contributed by atoms with Crippen molar-refractivity contribution in [1.82, 2.24) is 15.0 Å². The van der Waals surface area contributed by atoms with Crippen molar-refractivity contribution in [3.8, 4) is 6.01 Å². The molecule has 0 atom stereocenters. The lowest BCUT2D eigenvalue weighted by Crippen LogP contribution is -2.03. The Labute approximate surface area is 106 Å². The molecule has 0 spiro atoms. The largest absolute Gasteiger partial charge is 0.467 e. The third-order valence-corrected chi connectivity index (χ3v) is 2.12. The highest BCUT2D eigenvalue weighted by Gasteiger charge is 2.08. The molecule has 8 heteroatoms. The van der Waals surface area contributed by atoms with Gasteiger partial charge in [-0.15, -0.1) is 0 Å². The molecule has 1 heterocycles. The Morgan fingerprint density at radius 1 is 1.22 bits per heavy atom. The molecule has 0 unspecified atom stereocenters. The van der Waals surface area contributed by atoms with Crippen LogP contribution in [0.5, 0.6) is 6.01 Å². The third kappa shape index (κ3) is 2.80. The fraction of sp³-hybridized carbons (Fsp3) is 0.100. The number of rotatable bonds is 3. The Morgan fingerprint density at radius 2 is 2.00 bits per heavy atom. The second kappa shape index (κ2) is 5.09. The van der Waals surface area contributed by atoms with Gasteiger partial charge < -0.3 is 10.1 Å². The quantitative estimate of drug-likeness (QED) is 0.930. The van der Waals surface area contributed by atoms with Crippen LogP contribution in [0.4, 0.5) is 20.4 Å². The Hall–Kier alpha value is -2.02. The summed E-state index contributed by atoms with van der Waals surface area (Å²) in [7, 11) is 1.36. The third-order valence-electron chi connectivity index (χ3n) is 1.95. The van der Waals surface area contributed by atoms with E-state index in [-0.39, 0.29) is 22.9 Å². The van der Waals surface area contributed by atoms with Gasteiger partial charge in [0.1, 0.15) is 11.6 Å². The lowest BCUT2D eigenvalue weighted by molar-refractivity contribution is 0.379. The fourth-order valence-corrected chi connectivity index (χ4v) is 1.34. The van der Waals surface area contributed by atoms with E-state index in [9.17, 15) is 8.78 Å². The summed E-state index contributed by atoms with van der Waals surface area (Å²) in [5.74, 6) is -1.45. The van der Waals surface area contributed by atoms with Gasteiger partial charge in [0.15, 0.2) is 0 Å². The molecule has 2 rings (SSSR count). The maximum absolute atomic E-state index is 13.4. The summed E-state index contributed by atoms with van der Waals surface area (Å²) in [6.45, 7) is 0. The average molecular weight is 273 g/mol. The first-order chi connectivity index (χ1) is 8.58. The molecule has 2 aromatic rings. The van der Waals surface area contributed by atoms with Gasteiger partial charge in [0.25, 0.3) is 0 Å². The summed E-state index contributed by atoms with van der Waals surface area (Å²) in [5, 5.41) is 2.44. The van der Waals surface area contributed by atoms with E-state index in [4.69, 9.17) is 16.3 Å². The van der Waals surface area contributed by atoms with Crippen LogP contribution in [-0.2, 0) is 0 Å². The van der Waals surface area contributed by atoms with E-state index in [1.807, 2.05) is 0 Å². The zero-order chi connectivity index (χ0) is 13.1. The predicted octanol–water partition coefficient (Wildman–Crippen LogP) is 2.56. The number of aromatic nitrogens is 3. The van der Waals surface area contributed by atoms with Crippen molar-refractivity contribution in [2.24, 2.45) is 0 Å². The van der Waals surface area contributed by atoms with Crippen molar-refractivity contribution in [2.75, 3.05) is 12.4 Å². The second-order valence-electron chi connectivity index (χ2n) is 3.16. The predicted molar refractivity (Wildman–Crippen MR) is 61.0 cm³/mol. The molecule has 18 heavy (non-hydrogen) atoms. The van der Waals surface area contributed by atoms with E-state index in [1.165, 1.54) is 13.2 Å². The molecule has 0 aliphatic carbocycles. The van der Waals surface area contributed by atoms with Crippen molar-refractivity contribution in [3.05, 3.63) is 35.1 Å². The molecule has 0 bridgehead atoms. The smallest absolute Gasteiger partial charge is 0.322 e. The molecule has 0 saturated heterocycles. The van der Waals surface area contributed by atoms with Crippen LogP contribution in [0.25, 0.3) is 0 Å². The number of nitrogens with one attached hydrogen (secondary N) is 1. The molecular weight excluding hydrogens is 266 g/mol. The molecule has 0 radical (unpaired) electrons. The van der Waals surface area contributed by atoms with Crippen LogP contribution in [0.1, 0.15) is 0 Å². The number of anilines is 2. The van der Waals surface area contributed by atoms with Gasteiger partial charge in [0.2, 0.25) is 11.2 Å². The summed E-state index contributed by atoms with van der Waals surface area (Å²) in [6.07, 6.45) is 0. The minimum absolute atomic E-state index is 0.00245. The van der Waals surface area contributed by atoms with Crippen molar-refractivity contribution in [2.45, 2.75) is 0 Å².